The second-order valence-electron chi connectivity index (χ2n) is 8.57. The van der Waals surface area contributed by atoms with E-state index in [0.29, 0.717) is 17.4 Å². The predicted molar refractivity (Wildman–Crippen MR) is 120 cm³/mol. The van der Waals surface area contributed by atoms with E-state index >= 15 is 0 Å². The van der Waals surface area contributed by atoms with E-state index in [9.17, 15) is 14.9 Å². The SMILES string of the molecule is Cc1c(C#N)c(NC(=O)CN2CCN(c3cccc(=O)[nH]3)CC2)n(C2CCCC2)c1C. The maximum Gasteiger partial charge on any atom is 0.249 e. The lowest BCUT2D eigenvalue weighted by molar-refractivity contribution is -0.117. The molecule has 164 valence electrons. The standard InChI is InChI=1S/C23H30N6O2/c1-16-17(2)29(18-6-3-4-7-18)23(19(16)14-24)26-22(31)15-27-10-12-28(13-11-27)20-8-5-9-21(30)25-20/h5,8-9,18H,3-4,6-7,10-13,15H2,1-2H3,(H,25,30)(H,26,31). The number of nitriles is 1. The van der Waals surface area contributed by atoms with Crippen molar-refractivity contribution in [3.63, 3.8) is 0 Å². The molecule has 1 aliphatic heterocycles. The highest BCUT2D eigenvalue weighted by Gasteiger charge is 2.27. The zero-order valence-electron chi connectivity index (χ0n) is 18.3. The summed E-state index contributed by atoms with van der Waals surface area (Å²) in [5.74, 6) is 1.39. The number of rotatable bonds is 5. The molecule has 31 heavy (non-hydrogen) atoms. The maximum atomic E-state index is 12.9. The average Bonchev–Trinajstić information content (AvgIpc) is 3.35. The van der Waals surface area contributed by atoms with E-state index in [1.165, 1.54) is 18.9 Å². The van der Waals surface area contributed by atoms with Crippen LogP contribution in [-0.2, 0) is 4.79 Å². The first kappa shape index (κ1) is 21.2. The molecule has 2 aliphatic rings. The van der Waals surface area contributed by atoms with Gasteiger partial charge in [-0.05, 0) is 38.3 Å². The van der Waals surface area contributed by atoms with Crippen LogP contribution in [0.5, 0.6) is 0 Å². The predicted octanol–water partition coefficient (Wildman–Crippen LogP) is 2.54. The quantitative estimate of drug-likeness (QED) is 0.772. The van der Waals surface area contributed by atoms with Gasteiger partial charge in [0, 0.05) is 44.0 Å². The van der Waals surface area contributed by atoms with Crippen LogP contribution in [0.1, 0.15) is 48.5 Å². The molecular weight excluding hydrogens is 392 g/mol. The van der Waals surface area contributed by atoms with Crippen molar-refractivity contribution < 1.29 is 4.79 Å². The molecule has 8 nitrogen and oxygen atoms in total. The molecular formula is C23H30N6O2. The van der Waals surface area contributed by atoms with Gasteiger partial charge in [0.05, 0.1) is 12.1 Å². The van der Waals surface area contributed by atoms with Crippen LogP contribution in [0, 0.1) is 25.2 Å². The van der Waals surface area contributed by atoms with Gasteiger partial charge in [0.2, 0.25) is 11.5 Å². The fraction of sp³-hybridized carbons (Fsp3) is 0.522. The zero-order chi connectivity index (χ0) is 22.0. The molecule has 0 aromatic carbocycles. The number of piperazine rings is 1. The summed E-state index contributed by atoms with van der Waals surface area (Å²) < 4.78 is 2.18. The number of nitrogens with zero attached hydrogens (tertiary/aromatic N) is 4. The minimum Gasteiger partial charge on any atom is -0.356 e. The van der Waals surface area contributed by atoms with Gasteiger partial charge in [-0.15, -0.1) is 0 Å². The molecule has 3 heterocycles. The highest BCUT2D eigenvalue weighted by molar-refractivity contribution is 5.93. The van der Waals surface area contributed by atoms with Crippen molar-refractivity contribution in [2.24, 2.45) is 0 Å². The number of hydrogen-bond acceptors (Lipinski definition) is 5. The van der Waals surface area contributed by atoms with Gasteiger partial charge < -0.3 is 19.8 Å². The van der Waals surface area contributed by atoms with Crippen LogP contribution in [0.3, 0.4) is 0 Å². The number of anilines is 2. The third kappa shape index (κ3) is 4.37. The molecule has 2 N–H and O–H groups in total. The molecule has 2 aromatic heterocycles. The molecule has 2 aromatic rings. The molecule has 8 heteroatoms. The lowest BCUT2D eigenvalue weighted by Gasteiger charge is -2.35. The van der Waals surface area contributed by atoms with Crippen molar-refractivity contribution in [3.05, 3.63) is 45.4 Å². The highest BCUT2D eigenvalue weighted by atomic mass is 16.2. The Kier molecular flexibility index (Phi) is 6.14. The van der Waals surface area contributed by atoms with Crippen LogP contribution in [0.25, 0.3) is 0 Å². The van der Waals surface area contributed by atoms with Gasteiger partial charge in [-0.25, -0.2) is 0 Å². The van der Waals surface area contributed by atoms with Crippen LogP contribution in [-0.4, -0.2) is 53.1 Å². The van der Waals surface area contributed by atoms with Crippen LogP contribution in [0.4, 0.5) is 11.6 Å². The van der Waals surface area contributed by atoms with Gasteiger partial charge >= 0.3 is 0 Å². The largest absolute Gasteiger partial charge is 0.356 e. The van der Waals surface area contributed by atoms with Gasteiger partial charge in [0.25, 0.3) is 0 Å². The number of carbonyl (C=O) groups is 1. The Hall–Kier alpha value is -3.05. The number of H-pyrrole nitrogens is 1. The summed E-state index contributed by atoms with van der Waals surface area (Å²) in [4.78, 5) is 31.5. The van der Waals surface area contributed by atoms with Gasteiger partial charge in [-0.3, -0.25) is 14.5 Å². The molecule has 1 saturated heterocycles. The van der Waals surface area contributed by atoms with Crippen molar-refractivity contribution in [1.29, 1.82) is 5.26 Å². The lowest BCUT2D eigenvalue weighted by Crippen LogP contribution is -2.49. The second-order valence-corrected chi connectivity index (χ2v) is 8.57. The van der Waals surface area contributed by atoms with E-state index in [-0.39, 0.29) is 18.0 Å². The molecule has 1 aliphatic carbocycles. The van der Waals surface area contributed by atoms with E-state index in [4.69, 9.17) is 0 Å². The summed E-state index contributed by atoms with van der Waals surface area (Å²) in [6.45, 7) is 7.24. The number of pyridine rings is 1. The molecule has 0 spiro atoms. The first-order valence-electron chi connectivity index (χ1n) is 11.1. The minimum absolute atomic E-state index is 0.0881. The molecule has 4 rings (SSSR count). The molecule has 1 saturated carbocycles. The molecule has 0 atom stereocenters. The van der Waals surface area contributed by atoms with Crippen molar-refractivity contribution >= 4 is 17.5 Å². The fourth-order valence-electron chi connectivity index (χ4n) is 4.85. The number of hydrogen-bond donors (Lipinski definition) is 2. The minimum atomic E-state index is -0.108. The third-order valence-corrected chi connectivity index (χ3v) is 6.65. The average molecular weight is 423 g/mol. The topological polar surface area (TPSA) is 97.2 Å². The Labute approximate surface area is 182 Å². The molecule has 2 fully saturated rings. The highest BCUT2D eigenvalue weighted by Crippen LogP contribution is 2.37. The Balaban J connectivity index is 1.41. The Morgan fingerprint density at radius 3 is 2.55 bits per heavy atom. The summed E-state index contributed by atoms with van der Waals surface area (Å²) in [5.41, 5.74) is 2.50. The normalized spacial score (nSPS) is 17.6. The molecule has 0 radical (unpaired) electrons. The molecule has 0 unspecified atom stereocenters. The van der Waals surface area contributed by atoms with Crippen LogP contribution in [0.2, 0.25) is 0 Å². The van der Waals surface area contributed by atoms with Crippen molar-refractivity contribution in [1.82, 2.24) is 14.5 Å². The van der Waals surface area contributed by atoms with E-state index in [1.54, 1.807) is 6.07 Å². The van der Waals surface area contributed by atoms with E-state index in [1.807, 2.05) is 19.9 Å². The number of aromatic nitrogens is 2. The molecule has 1 amide bonds. The Morgan fingerprint density at radius 2 is 1.90 bits per heavy atom. The summed E-state index contributed by atoms with van der Waals surface area (Å²) in [5, 5.41) is 12.8. The summed E-state index contributed by atoms with van der Waals surface area (Å²) >= 11 is 0. The van der Waals surface area contributed by atoms with Crippen LogP contribution < -0.4 is 15.8 Å². The van der Waals surface area contributed by atoms with E-state index < -0.39 is 0 Å². The van der Waals surface area contributed by atoms with E-state index in [2.05, 4.69) is 30.7 Å². The molecule has 0 bridgehead atoms. The smallest absolute Gasteiger partial charge is 0.249 e. The monoisotopic (exact) mass is 422 g/mol. The van der Waals surface area contributed by atoms with Gasteiger partial charge in [-0.1, -0.05) is 18.9 Å². The van der Waals surface area contributed by atoms with Gasteiger partial charge in [0.1, 0.15) is 17.7 Å². The summed E-state index contributed by atoms with van der Waals surface area (Å²) in [7, 11) is 0. The second kappa shape index (κ2) is 8.98. The third-order valence-electron chi connectivity index (χ3n) is 6.65. The number of carbonyl (C=O) groups excluding carboxylic acids is 1. The maximum absolute atomic E-state index is 12.9. The first-order chi connectivity index (χ1) is 15.0. The fourth-order valence-corrected chi connectivity index (χ4v) is 4.85. The summed E-state index contributed by atoms with van der Waals surface area (Å²) in [6, 6.07) is 7.81. The van der Waals surface area contributed by atoms with Crippen molar-refractivity contribution in [3.8, 4) is 6.07 Å². The van der Waals surface area contributed by atoms with E-state index in [0.717, 1.165) is 56.1 Å². The number of nitrogens with one attached hydrogen (secondary N) is 2. The number of amides is 1. The Morgan fingerprint density at radius 1 is 1.19 bits per heavy atom. The zero-order valence-corrected chi connectivity index (χ0v) is 18.3. The number of aromatic amines is 1. The van der Waals surface area contributed by atoms with Gasteiger partial charge in [0.15, 0.2) is 0 Å². The summed E-state index contributed by atoms with van der Waals surface area (Å²) in [6.07, 6.45) is 4.56. The van der Waals surface area contributed by atoms with Crippen LogP contribution >= 0.6 is 0 Å². The Bertz CT molecular complexity index is 1050. The first-order valence-corrected chi connectivity index (χ1v) is 11.1. The van der Waals surface area contributed by atoms with Crippen LogP contribution in [0.15, 0.2) is 23.0 Å². The van der Waals surface area contributed by atoms with Crippen molar-refractivity contribution in [2.75, 3.05) is 42.9 Å². The lowest BCUT2D eigenvalue weighted by atomic mass is 10.2. The van der Waals surface area contributed by atoms with Gasteiger partial charge in [-0.2, -0.15) is 5.26 Å². The van der Waals surface area contributed by atoms with Crippen molar-refractivity contribution in [2.45, 2.75) is 45.6 Å².